The molecule has 0 aliphatic rings. The summed E-state index contributed by atoms with van der Waals surface area (Å²) < 4.78 is 5.08. The number of thiophene rings is 1. The minimum Gasteiger partial charge on any atom is -0.334 e. The fourth-order valence-electron chi connectivity index (χ4n) is 1.71. The molecule has 0 saturated heterocycles. The molecule has 0 fully saturated rings. The maximum atomic E-state index is 11.9. The number of rotatable bonds is 3. The summed E-state index contributed by atoms with van der Waals surface area (Å²) in [5.74, 6) is 0.954. The predicted octanol–water partition coefficient (Wildman–Crippen LogP) is 3.36. The van der Waals surface area contributed by atoms with Crippen molar-refractivity contribution < 1.29 is 9.32 Å². The van der Waals surface area contributed by atoms with Gasteiger partial charge >= 0.3 is 0 Å². The lowest BCUT2D eigenvalue weighted by molar-refractivity contribution is 0.103. The second-order valence-corrected chi connectivity index (χ2v) is 5.10. The van der Waals surface area contributed by atoms with Gasteiger partial charge in [-0.1, -0.05) is 11.2 Å². The Kier molecular flexibility index (Phi) is 3.30. The van der Waals surface area contributed by atoms with Crippen molar-refractivity contribution in [3.63, 3.8) is 0 Å². The number of amides is 1. The third-order valence-corrected chi connectivity index (χ3v) is 3.53. The van der Waals surface area contributed by atoms with E-state index in [0.29, 0.717) is 16.6 Å². The maximum Gasteiger partial charge on any atom is 0.265 e. The molecule has 1 aromatic carbocycles. The van der Waals surface area contributed by atoms with E-state index in [1.165, 1.54) is 11.3 Å². The Morgan fingerprint density at radius 3 is 2.65 bits per heavy atom. The largest absolute Gasteiger partial charge is 0.334 e. The molecule has 0 aliphatic heterocycles. The van der Waals surface area contributed by atoms with Gasteiger partial charge in [0.1, 0.15) is 0 Å². The summed E-state index contributed by atoms with van der Waals surface area (Å²) in [6.45, 7) is 1.77. The van der Waals surface area contributed by atoms with Crippen LogP contribution in [0.25, 0.3) is 11.5 Å². The van der Waals surface area contributed by atoms with Crippen LogP contribution in [0.15, 0.2) is 46.3 Å². The highest BCUT2D eigenvalue weighted by atomic mass is 32.1. The molecular weight excluding hydrogens is 274 g/mol. The molecule has 20 heavy (non-hydrogen) atoms. The molecule has 0 unspecified atom stereocenters. The van der Waals surface area contributed by atoms with Crippen molar-refractivity contribution in [2.24, 2.45) is 0 Å². The highest BCUT2D eigenvalue weighted by Crippen LogP contribution is 2.20. The summed E-state index contributed by atoms with van der Waals surface area (Å²) in [4.78, 5) is 16.7. The van der Waals surface area contributed by atoms with E-state index in [2.05, 4.69) is 15.5 Å². The van der Waals surface area contributed by atoms with Crippen LogP contribution in [0.2, 0.25) is 0 Å². The minimum absolute atomic E-state index is 0.110. The predicted molar refractivity (Wildman–Crippen MR) is 76.7 cm³/mol. The fourth-order valence-corrected chi connectivity index (χ4v) is 2.33. The smallest absolute Gasteiger partial charge is 0.265 e. The van der Waals surface area contributed by atoms with Crippen LogP contribution in [0.1, 0.15) is 15.5 Å². The number of anilines is 1. The summed E-state index contributed by atoms with van der Waals surface area (Å²) >= 11 is 1.41. The molecule has 6 heteroatoms. The summed E-state index contributed by atoms with van der Waals surface area (Å²) in [7, 11) is 0. The number of hydrogen-bond donors (Lipinski definition) is 1. The van der Waals surface area contributed by atoms with Gasteiger partial charge in [0, 0.05) is 11.3 Å². The molecule has 2 aromatic heterocycles. The zero-order valence-corrected chi connectivity index (χ0v) is 11.5. The van der Waals surface area contributed by atoms with E-state index >= 15 is 0 Å². The minimum atomic E-state index is -0.110. The summed E-state index contributed by atoms with van der Waals surface area (Å²) in [6, 6.07) is 10.9. The first-order chi connectivity index (χ1) is 9.72. The second kappa shape index (κ2) is 5.26. The van der Waals surface area contributed by atoms with Crippen molar-refractivity contribution in [2.45, 2.75) is 6.92 Å². The van der Waals surface area contributed by atoms with E-state index < -0.39 is 0 Å². The number of carbonyl (C=O) groups excluding carboxylic acids is 1. The van der Waals surface area contributed by atoms with Crippen LogP contribution >= 0.6 is 11.3 Å². The molecule has 1 amide bonds. The summed E-state index contributed by atoms with van der Waals surface area (Å²) in [5.41, 5.74) is 1.54. The Morgan fingerprint density at radius 2 is 2.05 bits per heavy atom. The zero-order valence-electron chi connectivity index (χ0n) is 10.7. The molecule has 0 radical (unpaired) electrons. The van der Waals surface area contributed by atoms with Gasteiger partial charge in [-0.3, -0.25) is 4.79 Å². The van der Waals surface area contributed by atoms with Crippen molar-refractivity contribution in [2.75, 3.05) is 5.32 Å². The molecule has 3 aromatic rings. The third-order valence-electron chi connectivity index (χ3n) is 2.66. The van der Waals surface area contributed by atoms with Gasteiger partial charge < -0.3 is 9.84 Å². The first-order valence-electron chi connectivity index (χ1n) is 5.98. The number of benzene rings is 1. The standard InChI is InChI=1S/C14H11N3O2S/c1-9-15-14(19-17-9)10-4-6-11(7-5-10)16-13(18)12-3-2-8-20-12/h2-8H,1H3,(H,16,18). The summed E-state index contributed by atoms with van der Waals surface area (Å²) in [6.07, 6.45) is 0. The van der Waals surface area contributed by atoms with Gasteiger partial charge in [-0.2, -0.15) is 4.98 Å². The maximum absolute atomic E-state index is 11.9. The molecule has 100 valence electrons. The SMILES string of the molecule is Cc1noc(-c2ccc(NC(=O)c3cccs3)cc2)n1. The van der Waals surface area contributed by atoms with Gasteiger partial charge in [0.15, 0.2) is 5.82 Å². The van der Waals surface area contributed by atoms with Crippen LogP contribution in [0.3, 0.4) is 0 Å². The molecule has 2 heterocycles. The van der Waals surface area contributed by atoms with Crippen LogP contribution in [0.4, 0.5) is 5.69 Å². The molecule has 5 nitrogen and oxygen atoms in total. The van der Waals surface area contributed by atoms with Gasteiger partial charge in [-0.25, -0.2) is 0 Å². The molecular formula is C14H11N3O2S. The van der Waals surface area contributed by atoms with E-state index in [9.17, 15) is 4.79 Å². The van der Waals surface area contributed by atoms with Crippen LogP contribution in [-0.2, 0) is 0 Å². The number of nitrogens with zero attached hydrogens (tertiary/aromatic N) is 2. The van der Waals surface area contributed by atoms with Crippen molar-refractivity contribution in [3.8, 4) is 11.5 Å². The molecule has 0 saturated carbocycles. The summed E-state index contributed by atoms with van der Waals surface area (Å²) in [5, 5.41) is 8.45. The topological polar surface area (TPSA) is 68.0 Å². The van der Waals surface area contributed by atoms with E-state index in [1.807, 2.05) is 23.6 Å². The Bertz CT molecular complexity index is 717. The van der Waals surface area contributed by atoms with Gasteiger partial charge in [0.25, 0.3) is 11.8 Å². The number of carbonyl (C=O) groups is 1. The van der Waals surface area contributed by atoms with E-state index in [0.717, 1.165) is 11.3 Å². The van der Waals surface area contributed by atoms with Crippen molar-refractivity contribution in [1.29, 1.82) is 0 Å². The average Bonchev–Trinajstić information content (AvgIpc) is 3.10. The average molecular weight is 285 g/mol. The monoisotopic (exact) mass is 285 g/mol. The van der Waals surface area contributed by atoms with Gasteiger partial charge in [-0.15, -0.1) is 11.3 Å². The number of aromatic nitrogens is 2. The van der Waals surface area contributed by atoms with Crippen LogP contribution in [0, 0.1) is 6.92 Å². The molecule has 1 N–H and O–H groups in total. The number of hydrogen-bond acceptors (Lipinski definition) is 5. The molecule has 0 bridgehead atoms. The highest BCUT2D eigenvalue weighted by molar-refractivity contribution is 7.12. The Morgan fingerprint density at radius 1 is 1.25 bits per heavy atom. The fraction of sp³-hybridized carbons (Fsp3) is 0.0714. The Hall–Kier alpha value is -2.47. The molecule has 0 spiro atoms. The van der Waals surface area contributed by atoms with E-state index in [1.54, 1.807) is 25.1 Å². The van der Waals surface area contributed by atoms with Crippen LogP contribution in [-0.4, -0.2) is 16.0 Å². The normalized spacial score (nSPS) is 10.4. The first-order valence-corrected chi connectivity index (χ1v) is 6.86. The van der Waals surface area contributed by atoms with Crippen LogP contribution in [0.5, 0.6) is 0 Å². The third kappa shape index (κ3) is 2.60. The lowest BCUT2D eigenvalue weighted by Gasteiger charge is -2.03. The molecule has 0 atom stereocenters. The second-order valence-electron chi connectivity index (χ2n) is 4.16. The molecule has 3 rings (SSSR count). The Labute approximate surface area is 119 Å². The van der Waals surface area contributed by atoms with Crippen molar-refractivity contribution >= 4 is 22.9 Å². The number of nitrogens with one attached hydrogen (secondary N) is 1. The van der Waals surface area contributed by atoms with Gasteiger partial charge in [0.2, 0.25) is 0 Å². The number of aryl methyl sites for hydroxylation is 1. The van der Waals surface area contributed by atoms with E-state index in [-0.39, 0.29) is 5.91 Å². The first kappa shape index (κ1) is 12.6. The van der Waals surface area contributed by atoms with Crippen molar-refractivity contribution in [1.82, 2.24) is 10.1 Å². The van der Waals surface area contributed by atoms with Gasteiger partial charge in [-0.05, 0) is 42.6 Å². The van der Waals surface area contributed by atoms with Gasteiger partial charge in [0.05, 0.1) is 4.88 Å². The lowest BCUT2D eigenvalue weighted by atomic mass is 10.2. The van der Waals surface area contributed by atoms with E-state index in [4.69, 9.17) is 4.52 Å². The Balaban J connectivity index is 1.75. The molecule has 0 aliphatic carbocycles. The zero-order chi connectivity index (χ0) is 13.9. The lowest BCUT2D eigenvalue weighted by Crippen LogP contribution is -2.09. The van der Waals surface area contributed by atoms with Crippen molar-refractivity contribution in [3.05, 3.63) is 52.5 Å². The quantitative estimate of drug-likeness (QED) is 0.801. The van der Waals surface area contributed by atoms with Crippen LogP contribution < -0.4 is 5.32 Å². The highest BCUT2D eigenvalue weighted by Gasteiger charge is 2.08.